The predicted octanol–water partition coefficient (Wildman–Crippen LogP) is 0.231. The van der Waals surface area contributed by atoms with E-state index in [2.05, 4.69) is 15.3 Å². The summed E-state index contributed by atoms with van der Waals surface area (Å²) in [5.74, 6) is -1.00. The molecule has 0 aromatic carbocycles. The molecular weight excluding hydrogens is 366 g/mol. The van der Waals surface area contributed by atoms with E-state index in [1.54, 1.807) is 6.92 Å². The first-order chi connectivity index (χ1) is 10.6. The maximum absolute atomic E-state index is 12.2. The van der Waals surface area contributed by atoms with Crippen molar-refractivity contribution in [1.29, 1.82) is 0 Å². The van der Waals surface area contributed by atoms with Crippen molar-refractivity contribution >= 4 is 37.2 Å². The number of halogens is 1. The minimum absolute atomic E-state index is 0.00554. The first kappa shape index (κ1) is 18.1. The van der Waals surface area contributed by atoms with E-state index >= 15 is 0 Å². The Bertz CT molecular complexity index is 823. The quantitative estimate of drug-likeness (QED) is 0.724. The van der Waals surface area contributed by atoms with Crippen molar-refractivity contribution < 1.29 is 21.6 Å². The van der Waals surface area contributed by atoms with Crippen LogP contribution in [-0.4, -0.2) is 56.0 Å². The summed E-state index contributed by atoms with van der Waals surface area (Å²) in [7, 11) is -6.83. The third-order valence-corrected chi connectivity index (χ3v) is 7.00. The van der Waals surface area contributed by atoms with Gasteiger partial charge < -0.3 is 5.32 Å². The average Bonchev–Trinajstić information content (AvgIpc) is 2.77. The van der Waals surface area contributed by atoms with Gasteiger partial charge in [-0.2, -0.15) is 0 Å². The van der Waals surface area contributed by atoms with Crippen LogP contribution in [0, 0.1) is 0 Å². The van der Waals surface area contributed by atoms with Crippen LogP contribution in [0.1, 0.15) is 30.3 Å². The Balaban J connectivity index is 2.23. The minimum Gasteiger partial charge on any atom is -0.347 e. The Morgan fingerprint density at radius 1 is 1.48 bits per heavy atom. The number of aromatic nitrogens is 2. The predicted molar refractivity (Wildman–Crippen MR) is 83.9 cm³/mol. The smallest absolute Gasteiger partial charge is 0.271 e. The molecule has 2 rings (SSSR count). The van der Waals surface area contributed by atoms with E-state index in [1.807, 2.05) is 0 Å². The zero-order chi connectivity index (χ0) is 17.3. The number of amides is 1. The third kappa shape index (κ3) is 4.39. The molecule has 1 unspecified atom stereocenters. The molecule has 128 valence electrons. The Morgan fingerprint density at radius 3 is 2.74 bits per heavy atom. The highest BCUT2D eigenvalue weighted by Crippen LogP contribution is 2.17. The van der Waals surface area contributed by atoms with Gasteiger partial charge in [0.25, 0.3) is 5.91 Å². The van der Waals surface area contributed by atoms with Gasteiger partial charge in [-0.15, -0.1) is 0 Å². The number of nitrogens with one attached hydrogen (secondary N) is 1. The van der Waals surface area contributed by atoms with Crippen LogP contribution in [0.4, 0.5) is 0 Å². The second-order valence-electron chi connectivity index (χ2n) is 5.24. The lowest BCUT2D eigenvalue weighted by Crippen LogP contribution is -2.36. The van der Waals surface area contributed by atoms with E-state index in [9.17, 15) is 21.6 Å². The van der Waals surface area contributed by atoms with Crippen molar-refractivity contribution in [2.75, 3.05) is 17.3 Å². The number of hydrogen-bond acceptors (Lipinski definition) is 7. The molecule has 0 radical (unpaired) electrons. The van der Waals surface area contributed by atoms with Crippen LogP contribution in [0.2, 0.25) is 5.02 Å². The zero-order valence-electron chi connectivity index (χ0n) is 12.3. The van der Waals surface area contributed by atoms with E-state index in [0.717, 1.165) is 6.20 Å². The molecule has 0 bridgehead atoms. The van der Waals surface area contributed by atoms with E-state index < -0.39 is 36.8 Å². The van der Waals surface area contributed by atoms with Crippen molar-refractivity contribution in [2.24, 2.45) is 0 Å². The zero-order valence-corrected chi connectivity index (χ0v) is 14.7. The monoisotopic (exact) mass is 381 g/mol. The van der Waals surface area contributed by atoms with E-state index in [1.165, 1.54) is 0 Å². The van der Waals surface area contributed by atoms with Crippen LogP contribution in [0.3, 0.4) is 0 Å². The second-order valence-corrected chi connectivity index (χ2v) is 9.88. The van der Waals surface area contributed by atoms with Gasteiger partial charge in [0.05, 0.1) is 28.5 Å². The van der Waals surface area contributed by atoms with Crippen LogP contribution in [0.5, 0.6) is 0 Å². The van der Waals surface area contributed by atoms with Gasteiger partial charge in [0.15, 0.2) is 15.5 Å². The Morgan fingerprint density at radius 2 is 2.17 bits per heavy atom. The fourth-order valence-electron chi connectivity index (χ4n) is 2.18. The topological polar surface area (TPSA) is 123 Å². The normalized spacial score (nSPS) is 20.3. The molecule has 11 heteroatoms. The summed E-state index contributed by atoms with van der Waals surface area (Å²) in [4.78, 5) is 19.6. The lowest BCUT2D eigenvalue weighted by atomic mass is 10.2. The molecule has 1 fully saturated rings. The van der Waals surface area contributed by atoms with E-state index in [0.29, 0.717) is 12.8 Å². The van der Waals surface area contributed by atoms with Crippen molar-refractivity contribution in [3.63, 3.8) is 0 Å². The fraction of sp³-hybridized carbons (Fsp3) is 0.583. The highest BCUT2D eigenvalue weighted by molar-refractivity contribution is 7.91. The third-order valence-electron chi connectivity index (χ3n) is 3.26. The molecule has 0 aliphatic carbocycles. The molecular formula is C12H16ClN3O5S2. The van der Waals surface area contributed by atoms with E-state index in [-0.39, 0.29) is 28.0 Å². The van der Waals surface area contributed by atoms with Gasteiger partial charge in [0, 0.05) is 6.04 Å². The Labute approximate surface area is 139 Å². The molecule has 1 aromatic rings. The summed E-state index contributed by atoms with van der Waals surface area (Å²) in [6.45, 7) is 1.70. The van der Waals surface area contributed by atoms with Crippen molar-refractivity contribution in [1.82, 2.24) is 15.3 Å². The molecule has 1 N–H and O–H groups in total. The van der Waals surface area contributed by atoms with Crippen molar-refractivity contribution in [3.05, 3.63) is 16.9 Å². The average molecular weight is 382 g/mol. The number of rotatable bonds is 5. The number of sulfone groups is 2. The van der Waals surface area contributed by atoms with Crippen LogP contribution in [-0.2, 0) is 19.7 Å². The minimum atomic E-state index is -3.69. The number of hydrogen-bond donors (Lipinski definition) is 1. The number of carbonyl (C=O) groups is 1. The molecule has 0 saturated carbocycles. The van der Waals surface area contributed by atoms with Crippen LogP contribution in [0.15, 0.2) is 11.4 Å². The van der Waals surface area contributed by atoms with Gasteiger partial charge in [-0.25, -0.2) is 26.8 Å². The van der Waals surface area contributed by atoms with Gasteiger partial charge in [-0.3, -0.25) is 4.79 Å². The number of nitrogens with zero attached hydrogens (tertiary/aromatic N) is 2. The van der Waals surface area contributed by atoms with Crippen molar-refractivity contribution in [2.45, 2.75) is 31.0 Å². The highest BCUT2D eigenvalue weighted by atomic mass is 35.5. The van der Waals surface area contributed by atoms with Gasteiger partial charge in [-0.05, 0) is 12.8 Å². The first-order valence-electron chi connectivity index (χ1n) is 6.91. The van der Waals surface area contributed by atoms with Crippen LogP contribution in [0.25, 0.3) is 0 Å². The molecule has 1 atom stereocenters. The standard InChI is InChI=1S/C12H16ClN3O5S2/c1-2-4-23(20,21)12-14-6-9(13)10(16-12)11(17)15-8-3-5-22(18,19)7-8/h6,8H,2-5,7H2,1H3,(H,15,17). The van der Waals surface area contributed by atoms with Gasteiger partial charge >= 0.3 is 0 Å². The molecule has 8 nitrogen and oxygen atoms in total. The van der Waals surface area contributed by atoms with Crippen molar-refractivity contribution in [3.8, 4) is 0 Å². The van der Waals surface area contributed by atoms with Gasteiger partial charge in [-0.1, -0.05) is 18.5 Å². The molecule has 1 saturated heterocycles. The fourth-order valence-corrected chi connectivity index (χ4v) is 5.20. The lowest BCUT2D eigenvalue weighted by Gasteiger charge is -2.11. The molecule has 1 aliphatic rings. The van der Waals surface area contributed by atoms with Gasteiger partial charge in [0.2, 0.25) is 15.0 Å². The molecule has 1 aromatic heterocycles. The molecule has 1 amide bonds. The largest absolute Gasteiger partial charge is 0.347 e. The summed E-state index contributed by atoms with van der Waals surface area (Å²) in [5.41, 5.74) is -0.277. The Hall–Kier alpha value is -1.26. The van der Waals surface area contributed by atoms with Gasteiger partial charge in [0.1, 0.15) is 0 Å². The molecule has 0 spiro atoms. The maximum Gasteiger partial charge on any atom is 0.271 e. The summed E-state index contributed by atoms with van der Waals surface area (Å²) in [5, 5.41) is 1.95. The summed E-state index contributed by atoms with van der Waals surface area (Å²) in [6.07, 6.45) is 1.74. The SMILES string of the molecule is CCCS(=O)(=O)c1ncc(Cl)c(C(=O)NC2CCS(=O)(=O)C2)n1. The van der Waals surface area contributed by atoms with E-state index in [4.69, 9.17) is 11.6 Å². The summed E-state index contributed by atoms with van der Waals surface area (Å²) < 4.78 is 46.7. The highest BCUT2D eigenvalue weighted by Gasteiger charge is 2.30. The van der Waals surface area contributed by atoms with Crippen LogP contribution < -0.4 is 5.32 Å². The Kier molecular flexibility index (Phi) is 5.27. The second kappa shape index (κ2) is 6.70. The first-order valence-corrected chi connectivity index (χ1v) is 10.8. The lowest BCUT2D eigenvalue weighted by molar-refractivity contribution is 0.0935. The number of carbonyl (C=O) groups excluding carboxylic acids is 1. The summed E-state index contributed by atoms with van der Waals surface area (Å²) in [6, 6.07) is -0.533. The van der Waals surface area contributed by atoms with Crippen LogP contribution >= 0.6 is 11.6 Å². The molecule has 23 heavy (non-hydrogen) atoms. The summed E-state index contributed by atoms with van der Waals surface area (Å²) >= 11 is 5.86. The molecule has 2 heterocycles. The molecule has 1 aliphatic heterocycles. The maximum atomic E-state index is 12.2.